The molecule has 6 heteroatoms. The van der Waals surface area contributed by atoms with E-state index < -0.39 is 0 Å². The summed E-state index contributed by atoms with van der Waals surface area (Å²) in [6.45, 7) is 2.17. The van der Waals surface area contributed by atoms with Gasteiger partial charge in [-0.1, -0.05) is 18.2 Å². The summed E-state index contributed by atoms with van der Waals surface area (Å²) in [4.78, 5) is 17.0. The number of hydrogen-bond acceptors (Lipinski definition) is 4. The molecule has 25 heavy (non-hydrogen) atoms. The number of benzene rings is 1. The summed E-state index contributed by atoms with van der Waals surface area (Å²) in [5.41, 5.74) is 1.82. The molecule has 0 N–H and O–H groups in total. The van der Waals surface area contributed by atoms with Gasteiger partial charge in [0.15, 0.2) is 5.76 Å². The van der Waals surface area contributed by atoms with Crippen LogP contribution >= 0.6 is 0 Å². The zero-order chi connectivity index (χ0) is 17.4. The highest BCUT2D eigenvalue weighted by molar-refractivity contribution is 5.96. The van der Waals surface area contributed by atoms with Crippen LogP contribution in [-0.2, 0) is 6.54 Å². The number of carbonyl (C=O) groups is 1. The van der Waals surface area contributed by atoms with E-state index in [9.17, 15) is 4.79 Å². The lowest BCUT2D eigenvalue weighted by Gasteiger charge is -2.34. The summed E-state index contributed by atoms with van der Waals surface area (Å²) >= 11 is 0. The molecule has 3 heterocycles. The van der Waals surface area contributed by atoms with Crippen LogP contribution in [0.25, 0.3) is 11.0 Å². The smallest absolute Gasteiger partial charge is 0.290 e. The van der Waals surface area contributed by atoms with E-state index in [1.54, 1.807) is 0 Å². The van der Waals surface area contributed by atoms with Gasteiger partial charge in [-0.05, 0) is 45.3 Å². The van der Waals surface area contributed by atoms with Crippen LogP contribution in [0.1, 0.15) is 28.7 Å². The Bertz CT molecular complexity index is 863. The van der Waals surface area contributed by atoms with E-state index in [1.807, 2.05) is 47.5 Å². The van der Waals surface area contributed by atoms with Gasteiger partial charge >= 0.3 is 0 Å². The zero-order valence-corrected chi connectivity index (χ0v) is 14.6. The molecule has 0 aliphatic carbocycles. The summed E-state index contributed by atoms with van der Waals surface area (Å²) in [5.74, 6) is 0.346. The van der Waals surface area contributed by atoms with E-state index in [1.165, 1.54) is 0 Å². The fourth-order valence-corrected chi connectivity index (χ4v) is 3.41. The number of furan rings is 1. The second-order valence-corrected chi connectivity index (χ2v) is 6.85. The van der Waals surface area contributed by atoms with Crippen LogP contribution in [0.3, 0.4) is 0 Å². The fraction of sp³-hybridized carbons (Fsp3) is 0.368. The molecule has 4 rings (SSSR count). The lowest BCUT2D eigenvalue weighted by molar-refractivity contribution is 0.0630. The van der Waals surface area contributed by atoms with E-state index >= 15 is 0 Å². The molecule has 130 valence electrons. The Kier molecular flexibility index (Phi) is 4.05. The van der Waals surface area contributed by atoms with Gasteiger partial charge in [0, 0.05) is 18.1 Å². The number of hydrogen-bond donors (Lipinski definition) is 0. The first-order valence-electron chi connectivity index (χ1n) is 8.57. The van der Waals surface area contributed by atoms with E-state index in [-0.39, 0.29) is 11.9 Å². The maximum absolute atomic E-state index is 13.0. The maximum atomic E-state index is 13.0. The third-order valence-corrected chi connectivity index (χ3v) is 4.72. The molecule has 0 spiro atoms. The van der Waals surface area contributed by atoms with Gasteiger partial charge in [0.05, 0.1) is 18.3 Å². The highest BCUT2D eigenvalue weighted by Crippen LogP contribution is 2.26. The van der Waals surface area contributed by atoms with Crippen LogP contribution in [0.2, 0.25) is 0 Å². The summed E-state index contributed by atoms with van der Waals surface area (Å²) < 4.78 is 7.83. The second-order valence-electron chi connectivity index (χ2n) is 6.85. The molecular weight excluding hydrogens is 316 g/mol. The highest BCUT2D eigenvalue weighted by atomic mass is 16.3. The molecule has 1 unspecified atom stereocenters. The Hall–Kier alpha value is -2.60. The standard InChI is InChI=1S/C19H22N4O2/c1-21(2)10-8-16-13-22(12-15-7-9-20-23(15)16)19(24)18-11-14-5-3-4-6-17(14)25-18/h3-7,9,11,16H,8,10,12-13H2,1-2H3. The molecule has 0 radical (unpaired) electrons. The van der Waals surface area contributed by atoms with E-state index in [2.05, 4.69) is 28.8 Å². The first-order valence-corrected chi connectivity index (χ1v) is 8.57. The van der Waals surface area contributed by atoms with Crippen LogP contribution < -0.4 is 0 Å². The molecule has 1 aliphatic heterocycles. The number of rotatable bonds is 4. The Balaban J connectivity index is 1.58. The first kappa shape index (κ1) is 15.9. The number of nitrogens with zero attached hydrogens (tertiary/aromatic N) is 4. The molecular formula is C19H22N4O2. The van der Waals surface area contributed by atoms with Crippen molar-refractivity contribution in [3.05, 3.63) is 54.0 Å². The molecule has 2 aromatic heterocycles. The number of carbonyl (C=O) groups excluding carboxylic acids is 1. The average Bonchev–Trinajstić information content (AvgIpc) is 3.25. The second kappa shape index (κ2) is 6.37. The predicted octanol–water partition coefficient (Wildman–Crippen LogP) is 2.78. The first-order chi connectivity index (χ1) is 12.1. The Morgan fingerprint density at radius 2 is 2.16 bits per heavy atom. The van der Waals surface area contributed by atoms with Crippen LogP contribution in [0.15, 0.2) is 47.0 Å². The summed E-state index contributed by atoms with van der Waals surface area (Å²) in [6, 6.07) is 11.7. The third kappa shape index (κ3) is 3.05. The Labute approximate surface area is 146 Å². The van der Waals surface area contributed by atoms with Crippen molar-refractivity contribution in [3.8, 4) is 0 Å². The average molecular weight is 338 g/mol. The largest absolute Gasteiger partial charge is 0.451 e. The minimum Gasteiger partial charge on any atom is -0.451 e. The van der Waals surface area contributed by atoms with E-state index in [0.717, 1.165) is 29.6 Å². The summed E-state index contributed by atoms with van der Waals surface area (Å²) in [5, 5.41) is 5.41. The van der Waals surface area contributed by atoms with Crippen molar-refractivity contribution in [2.45, 2.75) is 19.0 Å². The SMILES string of the molecule is CN(C)CCC1CN(C(=O)c2cc3ccccc3o2)Cc2ccnn21. The van der Waals surface area contributed by atoms with Crippen molar-refractivity contribution >= 4 is 16.9 Å². The Morgan fingerprint density at radius 1 is 1.32 bits per heavy atom. The van der Waals surface area contributed by atoms with Crippen molar-refractivity contribution in [3.63, 3.8) is 0 Å². The van der Waals surface area contributed by atoms with Crippen LogP contribution in [0.5, 0.6) is 0 Å². The molecule has 0 fully saturated rings. The molecule has 1 amide bonds. The number of para-hydroxylation sites is 1. The van der Waals surface area contributed by atoms with E-state index in [0.29, 0.717) is 18.8 Å². The lowest BCUT2D eigenvalue weighted by Crippen LogP contribution is -2.42. The lowest BCUT2D eigenvalue weighted by atomic mass is 10.1. The molecule has 1 aromatic carbocycles. The minimum atomic E-state index is -0.0569. The van der Waals surface area contributed by atoms with Gasteiger partial charge < -0.3 is 14.2 Å². The molecule has 6 nitrogen and oxygen atoms in total. The van der Waals surface area contributed by atoms with Crippen molar-refractivity contribution in [1.82, 2.24) is 19.6 Å². The monoisotopic (exact) mass is 338 g/mol. The number of fused-ring (bicyclic) bond motifs is 2. The van der Waals surface area contributed by atoms with Crippen molar-refractivity contribution in [1.29, 1.82) is 0 Å². The van der Waals surface area contributed by atoms with Gasteiger partial charge in [0.1, 0.15) is 5.58 Å². The molecule has 3 aromatic rings. The maximum Gasteiger partial charge on any atom is 0.290 e. The quantitative estimate of drug-likeness (QED) is 0.734. The van der Waals surface area contributed by atoms with Crippen molar-refractivity contribution in [2.24, 2.45) is 0 Å². The normalized spacial score (nSPS) is 17.2. The van der Waals surface area contributed by atoms with Gasteiger partial charge in [-0.15, -0.1) is 0 Å². The Morgan fingerprint density at radius 3 is 2.96 bits per heavy atom. The van der Waals surface area contributed by atoms with Gasteiger partial charge in [0.2, 0.25) is 0 Å². The third-order valence-electron chi connectivity index (χ3n) is 4.72. The fourth-order valence-electron chi connectivity index (χ4n) is 3.41. The zero-order valence-electron chi connectivity index (χ0n) is 14.6. The van der Waals surface area contributed by atoms with Crippen LogP contribution in [-0.4, -0.2) is 52.7 Å². The summed E-state index contributed by atoms with van der Waals surface area (Å²) in [6.07, 6.45) is 2.76. The number of aromatic nitrogens is 2. The highest BCUT2D eigenvalue weighted by Gasteiger charge is 2.30. The van der Waals surface area contributed by atoms with Crippen LogP contribution in [0, 0.1) is 0 Å². The number of amides is 1. The predicted molar refractivity (Wildman–Crippen MR) is 95.4 cm³/mol. The topological polar surface area (TPSA) is 54.5 Å². The molecule has 0 saturated carbocycles. The van der Waals surface area contributed by atoms with Gasteiger partial charge in [-0.2, -0.15) is 5.10 Å². The molecule has 1 atom stereocenters. The van der Waals surface area contributed by atoms with Crippen molar-refractivity contribution in [2.75, 3.05) is 27.2 Å². The molecule has 0 bridgehead atoms. The molecule has 1 aliphatic rings. The van der Waals surface area contributed by atoms with Crippen LogP contribution in [0.4, 0.5) is 0 Å². The van der Waals surface area contributed by atoms with E-state index in [4.69, 9.17) is 4.42 Å². The summed E-state index contributed by atoms with van der Waals surface area (Å²) in [7, 11) is 4.12. The molecule has 0 saturated heterocycles. The van der Waals surface area contributed by atoms with Gasteiger partial charge in [-0.25, -0.2) is 0 Å². The van der Waals surface area contributed by atoms with Gasteiger partial charge in [-0.3, -0.25) is 9.48 Å². The van der Waals surface area contributed by atoms with Crippen molar-refractivity contribution < 1.29 is 9.21 Å². The minimum absolute atomic E-state index is 0.0569. The van der Waals surface area contributed by atoms with Gasteiger partial charge in [0.25, 0.3) is 5.91 Å².